The van der Waals surface area contributed by atoms with Crippen LogP contribution in [0.1, 0.15) is 36.0 Å². The van der Waals surface area contributed by atoms with Gasteiger partial charge in [-0.25, -0.2) is 4.68 Å². The van der Waals surface area contributed by atoms with Gasteiger partial charge in [0, 0.05) is 23.2 Å². The zero-order valence-electron chi connectivity index (χ0n) is 15.2. The summed E-state index contributed by atoms with van der Waals surface area (Å²) in [6.45, 7) is 0. The van der Waals surface area contributed by atoms with Crippen LogP contribution in [0.25, 0.3) is 16.9 Å². The van der Waals surface area contributed by atoms with Gasteiger partial charge in [0.25, 0.3) is 5.91 Å². The summed E-state index contributed by atoms with van der Waals surface area (Å²) in [7, 11) is 0. The van der Waals surface area contributed by atoms with E-state index in [2.05, 4.69) is 22.5 Å². The lowest BCUT2D eigenvalue weighted by Crippen LogP contribution is -2.40. The van der Waals surface area contributed by atoms with Gasteiger partial charge in [0.2, 0.25) is 0 Å². The van der Waals surface area contributed by atoms with Crippen molar-refractivity contribution >= 4 is 5.91 Å². The monoisotopic (exact) mass is 360 g/mol. The molecule has 0 atom stereocenters. The Morgan fingerprint density at radius 1 is 1.00 bits per heavy atom. The molecular formula is C22H24N4O. The Morgan fingerprint density at radius 2 is 1.78 bits per heavy atom. The van der Waals surface area contributed by atoms with Crippen LogP contribution in [-0.2, 0) is 0 Å². The Balaban J connectivity index is 1.55. The zero-order valence-corrected chi connectivity index (χ0v) is 15.2. The molecule has 1 heterocycles. The Labute approximate surface area is 159 Å². The molecule has 5 heteroatoms. The van der Waals surface area contributed by atoms with Crippen molar-refractivity contribution < 1.29 is 4.79 Å². The summed E-state index contributed by atoms with van der Waals surface area (Å²) < 4.78 is 1.87. The molecule has 1 amide bonds. The lowest BCUT2D eigenvalue weighted by atomic mass is 9.91. The number of carbonyl (C=O) groups is 1. The van der Waals surface area contributed by atoms with Gasteiger partial charge in [0.15, 0.2) is 0 Å². The number of carbonyl (C=O) groups excluding carboxylic acids is 1. The average molecular weight is 360 g/mol. The van der Waals surface area contributed by atoms with Crippen LogP contribution in [0.4, 0.5) is 0 Å². The molecule has 3 aromatic rings. The first-order chi connectivity index (χ1) is 13.2. The second-order valence-electron chi connectivity index (χ2n) is 7.13. The predicted molar refractivity (Wildman–Crippen MR) is 107 cm³/mol. The van der Waals surface area contributed by atoms with Gasteiger partial charge in [0.1, 0.15) is 0 Å². The number of hydrogen-bond donors (Lipinski definition) is 2. The summed E-state index contributed by atoms with van der Waals surface area (Å²) in [6.07, 6.45) is 5.62. The van der Waals surface area contributed by atoms with Crippen LogP contribution in [0.2, 0.25) is 0 Å². The molecule has 0 spiro atoms. The fraction of sp³-hybridized carbons (Fsp3) is 0.273. The molecule has 1 saturated carbocycles. The Morgan fingerprint density at radius 3 is 2.56 bits per heavy atom. The summed E-state index contributed by atoms with van der Waals surface area (Å²) in [6, 6.07) is 20.2. The van der Waals surface area contributed by atoms with E-state index in [1.165, 1.54) is 0 Å². The number of nitrogens with zero attached hydrogens (tertiary/aromatic N) is 2. The molecule has 1 aliphatic rings. The molecular weight excluding hydrogens is 336 g/mol. The Bertz CT molecular complexity index is 911. The number of aromatic nitrogens is 2. The Kier molecular flexibility index (Phi) is 5.03. The molecule has 2 aromatic carbocycles. The van der Waals surface area contributed by atoms with Crippen molar-refractivity contribution in [1.29, 1.82) is 0 Å². The molecule has 0 saturated heterocycles. The fourth-order valence-electron chi connectivity index (χ4n) is 3.65. The quantitative estimate of drug-likeness (QED) is 0.747. The molecule has 1 fully saturated rings. The average Bonchev–Trinajstić information content (AvgIpc) is 3.20. The van der Waals surface area contributed by atoms with Gasteiger partial charge < -0.3 is 11.1 Å². The van der Waals surface area contributed by atoms with Crippen molar-refractivity contribution in [2.45, 2.75) is 37.8 Å². The van der Waals surface area contributed by atoms with Gasteiger partial charge in [-0.15, -0.1) is 0 Å². The summed E-state index contributed by atoms with van der Waals surface area (Å²) >= 11 is 0. The fourth-order valence-corrected chi connectivity index (χ4v) is 3.65. The SMILES string of the molecule is NC1CCC(NC(=O)c2cccc(-n3nccc3-c3ccccc3)c2)CC1. The van der Waals surface area contributed by atoms with Crippen LogP contribution >= 0.6 is 0 Å². The van der Waals surface area contributed by atoms with E-state index in [1.807, 2.05) is 53.2 Å². The van der Waals surface area contributed by atoms with Crippen molar-refractivity contribution in [3.8, 4) is 16.9 Å². The van der Waals surface area contributed by atoms with Crippen LogP contribution in [0.3, 0.4) is 0 Å². The highest BCUT2D eigenvalue weighted by Crippen LogP contribution is 2.23. The van der Waals surface area contributed by atoms with E-state index in [0.29, 0.717) is 5.56 Å². The second-order valence-corrected chi connectivity index (χ2v) is 7.13. The molecule has 1 aromatic heterocycles. The normalized spacial score (nSPS) is 19.6. The van der Waals surface area contributed by atoms with Gasteiger partial charge in [-0.2, -0.15) is 5.10 Å². The van der Waals surface area contributed by atoms with Crippen molar-refractivity contribution in [2.24, 2.45) is 5.73 Å². The minimum absolute atomic E-state index is 0.0364. The minimum Gasteiger partial charge on any atom is -0.349 e. The van der Waals surface area contributed by atoms with Crippen molar-refractivity contribution in [1.82, 2.24) is 15.1 Å². The lowest BCUT2D eigenvalue weighted by Gasteiger charge is -2.26. The van der Waals surface area contributed by atoms with Crippen LogP contribution in [0.15, 0.2) is 66.9 Å². The van der Waals surface area contributed by atoms with Gasteiger partial charge in [-0.1, -0.05) is 36.4 Å². The van der Waals surface area contributed by atoms with E-state index in [4.69, 9.17) is 5.73 Å². The smallest absolute Gasteiger partial charge is 0.251 e. The van der Waals surface area contributed by atoms with Crippen LogP contribution in [-0.4, -0.2) is 27.8 Å². The molecule has 4 rings (SSSR count). The molecule has 138 valence electrons. The molecule has 0 radical (unpaired) electrons. The van der Waals surface area contributed by atoms with Gasteiger partial charge in [-0.05, 0) is 49.9 Å². The van der Waals surface area contributed by atoms with E-state index in [-0.39, 0.29) is 18.0 Å². The Hall–Kier alpha value is -2.92. The third-order valence-corrected chi connectivity index (χ3v) is 5.17. The molecule has 0 bridgehead atoms. The third kappa shape index (κ3) is 3.93. The number of amides is 1. The number of benzene rings is 2. The maximum atomic E-state index is 12.7. The number of nitrogens with two attached hydrogens (primary N) is 1. The first-order valence-electron chi connectivity index (χ1n) is 9.47. The molecule has 27 heavy (non-hydrogen) atoms. The standard InChI is InChI=1S/C22H24N4O/c23-18-9-11-19(12-10-18)25-22(27)17-7-4-8-20(15-17)26-21(13-14-24-26)16-5-2-1-3-6-16/h1-8,13-15,18-19H,9-12,23H2,(H,25,27). The van der Waals surface area contributed by atoms with Crippen molar-refractivity contribution in [3.63, 3.8) is 0 Å². The number of rotatable bonds is 4. The highest BCUT2D eigenvalue weighted by atomic mass is 16.1. The first kappa shape index (κ1) is 17.5. The van der Waals surface area contributed by atoms with Crippen LogP contribution in [0.5, 0.6) is 0 Å². The first-order valence-corrected chi connectivity index (χ1v) is 9.47. The summed E-state index contributed by atoms with van der Waals surface area (Å²) in [5.74, 6) is -0.0364. The zero-order chi connectivity index (χ0) is 18.6. The molecule has 1 aliphatic carbocycles. The maximum Gasteiger partial charge on any atom is 0.251 e. The van der Waals surface area contributed by atoms with E-state index >= 15 is 0 Å². The van der Waals surface area contributed by atoms with E-state index in [1.54, 1.807) is 6.20 Å². The van der Waals surface area contributed by atoms with Gasteiger partial charge in [0.05, 0.1) is 17.6 Å². The molecule has 3 N–H and O–H groups in total. The summed E-state index contributed by atoms with van der Waals surface area (Å²) in [4.78, 5) is 12.7. The van der Waals surface area contributed by atoms with E-state index < -0.39 is 0 Å². The third-order valence-electron chi connectivity index (χ3n) is 5.17. The molecule has 0 aliphatic heterocycles. The largest absolute Gasteiger partial charge is 0.349 e. The number of hydrogen-bond acceptors (Lipinski definition) is 3. The predicted octanol–water partition coefficient (Wildman–Crippen LogP) is 3.54. The van der Waals surface area contributed by atoms with Crippen molar-refractivity contribution in [2.75, 3.05) is 0 Å². The van der Waals surface area contributed by atoms with Crippen LogP contribution in [0, 0.1) is 0 Å². The second kappa shape index (κ2) is 7.76. The van der Waals surface area contributed by atoms with Crippen LogP contribution < -0.4 is 11.1 Å². The van der Waals surface area contributed by atoms with E-state index in [0.717, 1.165) is 42.6 Å². The molecule has 0 unspecified atom stereocenters. The summed E-state index contributed by atoms with van der Waals surface area (Å²) in [5, 5.41) is 7.61. The van der Waals surface area contributed by atoms with Gasteiger partial charge in [-0.3, -0.25) is 4.79 Å². The van der Waals surface area contributed by atoms with Gasteiger partial charge >= 0.3 is 0 Å². The summed E-state index contributed by atoms with van der Waals surface area (Å²) in [5.41, 5.74) is 9.56. The minimum atomic E-state index is -0.0364. The topological polar surface area (TPSA) is 72.9 Å². The van der Waals surface area contributed by atoms with E-state index in [9.17, 15) is 4.79 Å². The molecule has 5 nitrogen and oxygen atoms in total. The number of nitrogens with one attached hydrogen (secondary N) is 1. The van der Waals surface area contributed by atoms with Crippen molar-refractivity contribution in [3.05, 3.63) is 72.4 Å². The highest BCUT2D eigenvalue weighted by Gasteiger charge is 2.20. The lowest BCUT2D eigenvalue weighted by molar-refractivity contribution is 0.0926. The highest BCUT2D eigenvalue weighted by molar-refractivity contribution is 5.95. The maximum absolute atomic E-state index is 12.7.